The summed E-state index contributed by atoms with van der Waals surface area (Å²) in [7, 11) is 0. The predicted octanol–water partition coefficient (Wildman–Crippen LogP) is 4.11. The molecule has 1 rings (SSSR count). The number of nitrogens with two attached hydrogens (primary N) is 1. The largest absolute Gasteiger partial charge is 0.325 e. The van der Waals surface area contributed by atoms with Crippen LogP contribution in [0.25, 0.3) is 0 Å². The zero-order valence-corrected chi connectivity index (χ0v) is 11.1. The summed E-state index contributed by atoms with van der Waals surface area (Å²) in [6, 6.07) is 0. The molecular weight excluding hydrogens is 182 g/mol. The fourth-order valence-corrected chi connectivity index (χ4v) is 3.40. The van der Waals surface area contributed by atoms with Gasteiger partial charge in [-0.15, -0.1) is 0 Å². The van der Waals surface area contributed by atoms with Crippen molar-refractivity contribution in [1.82, 2.24) is 0 Å². The van der Waals surface area contributed by atoms with E-state index in [2.05, 4.69) is 27.7 Å². The molecule has 0 spiro atoms. The van der Waals surface area contributed by atoms with E-state index >= 15 is 0 Å². The molecule has 1 nitrogen and oxygen atoms in total. The lowest BCUT2D eigenvalue weighted by molar-refractivity contribution is 0.0791. The van der Waals surface area contributed by atoms with Crippen LogP contribution >= 0.6 is 0 Å². The predicted molar refractivity (Wildman–Crippen MR) is 67.9 cm³/mol. The van der Waals surface area contributed by atoms with Crippen molar-refractivity contribution in [2.75, 3.05) is 0 Å². The zero-order chi connectivity index (χ0) is 11.5. The van der Waals surface area contributed by atoms with Gasteiger partial charge in [0.05, 0.1) is 0 Å². The molecule has 2 unspecified atom stereocenters. The Balaban J connectivity index is 2.79. The minimum Gasteiger partial charge on any atom is -0.325 e. The van der Waals surface area contributed by atoms with Crippen LogP contribution in [0.5, 0.6) is 0 Å². The molecule has 0 saturated heterocycles. The van der Waals surface area contributed by atoms with Gasteiger partial charge in [0.1, 0.15) is 0 Å². The molecule has 1 heteroatoms. The molecule has 0 aromatic heterocycles. The highest BCUT2D eigenvalue weighted by Gasteiger charge is 2.45. The first-order valence-electron chi connectivity index (χ1n) is 6.77. The summed E-state index contributed by atoms with van der Waals surface area (Å²) in [5.74, 6) is 0.758. The highest BCUT2D eigenvalue weighted by atomic mass is 14.8. The van der Waals surface area contributed by atoms with Crippen molar-refractivity contribution < 1.29 is 0 Å². The first kappa shape index (κ1) is 13.0. The van der Waals surface area contributed by atoms with Crippen molar-refractivity contribution in [2.24, 2.45) is 17.1 Å². The van der Waals surface area contributed by atoms with Crippen molar-refractivity contribution in [1.29, 1.82) is 0 Å². The monoisotopic (exact) mass is 211 g/mol. The van der Waals surface area contributed by atoms with Gasteiger partial charge in [-0.25, -0.2) is 0 Å². The molecule has 1 aliphatic rings. The average molecular weight is 211 g/mol. The third-order valence-corrected chi connectivity index (χ3v) is 5.09. The van der Waals surface area contributed by atoms with Crippen LogP contribution in [0.3, 0.4) is 0 Å². The van der Waals surface area contributed by atoms with Gasteiger partial charge in [0.25, 0.3) is 0 Å². The standard InChI is InChI=1S/C14H29N/c1-5-11-13(3,6-2)14(4,15)12-9-7-8-10-12/h12H,5-11,15H2,1-4H3. The van der Waals surface area contributed by atoms with Gasteiger partial charge in [0, 0.05) is 5.54 Å². The third-order valence-electron chi connectivity index (χ3n) is 5.09. The average Bonchev–Trinajstić information content (AvgIpc) is 2.71. The second-order valence-electron chi connectivity index (χ2n) is 5.93. The summed E-state index contributed by atoms with van der Waals surface area (Å²) in [4.78, 5) is 0. The van der Waals surface area contributed by atoms with Gasteiger partial charge in [-0.3, -0.25) is 0 Å². The van der Waals surface area contributed by atoms with Gasteiger partial charge in [0.2, 0.25) is 0 Å². The molecule has 1 fully saturated rings. The van der Waals surface area contributed by atoms with Crippen molar-refractivity contribution in [3.63, 3.8) is 0 Å². The lowest BCUT2D eigenvalue weighted by Crippen LogP contribution is -2.56. The highest BCUT2D eigenvalue weighted by Crippen LogP contribution is 2.46. The fraction of sp³-hybridized carbons (Fsp3) is 1.00. The normalized spacial score (nSPS) is 26.2. The van der Waals surface area contributed by atoms with Crippen LogP contribution in [0.4, 0.5) is 0 Å². The van der Waals surface area contributed by atoms with Gasteiger partial charge in [-0.2, -0.15) is 0 Å². The van der Waals surface area contributed by atoms with E-state index in [9.17, 15) is 0 Å². The first-order chi connectivity index (χ1) is 6.98. The minimum atomic E-state index is 0.0360. The smallest absolute Gasteiger partial charge is 0.0208 e. The van der Waals surface area contributed by atoms with Crippen LogP contribution in [-0.4, -0.2) is 5.54 Å². The Kier molecular flexibility index (Phi) is 4.22. The third kappa shape index (κ3) is 2.38. The van der Waals surface area contributed by atoms with Gasteiger partial charge in [-0.1, -0.05) is 40.0 Å². The number of hydrogen-bond donors (Lipinski definition) is 1. The summed E-state index contributed by atoms with van der Waals surface area (Å²) in [6.07, 6.45) is 9.23. The topological polar surface area (TPSA) is 26.0 Å². The van der Waals surface area contributed by atoms with Crippen LogP contribution in [0, 0.1) is 11.3 Å². The van der Waals surface area contributed by atoms with Crippen molar-refractivity contribution in [3.8, 4) is 0 Å². The van der Waals surface area contributed by atoms with Gasteiger partial charge in [-0.05, 0) is 43.9 Å². The van der Waals surface area contributed by atoms with Crippen LogP contribution < -0.4 is 5.73 Å². The summed E-state index contributed by atoms with van der Waals surface area (Å²) < 4.78 is 0. The molecule has 0 bridgehead atoms. The van der Waals surface area contributed by atoms with Gasteiger partial charge < -0.3 is 5.73 Å². The van der Waals surface area contributed by atoms with Crippen LogP contribution in [0.2, 0.25) is 0 Å². The molecule has 90 valence electrons. The first-order valence-corrected chi connectivity index (χ1v) is 6.77. The summed E-state index contributed by atoms with van der Waals surface area (Å²) in [5, 5.41) is 0. The minimum absolute atomic E-state index is 0.0360. The summed E-state index contributed by atoms with van der Waals surface area (Å²) in [5.41, 5.74) is 7.06. The number of hydrogen-bond acceptors (Lipinski definition) is 1. The Morgan fingerprint density at radius 2 is 1.67 bits per heavy atom. The van der Waals surface area contributed by atoms with Crippen LogP contribution in [-0.2, 0) is 0 Å². The molecule has 0 heterocycles. The van der Waals surface area contributed by atoms with Crippen molar-refractivity contribution in [2.45, 2.75) is 78.2 Å². The quantitative estimate of drug-likeness (QED) is 0.727. The van der Waals surface area contributed by atoms with E-state index in [0.29, 0.717) is 5.41 Å². The molecule has 0 radical (unpaired) electrons. The Morgan fingerprint density at radius 1 is 1.13 bits per heavy atom. The lowest BCUT2D eigenvalue weighted by atomic mass is 9.62. The second-order valence-corrected chi connectivity index (χ2v) is 5.93. The Labute approximate surface area is 95.8 Å². The molecule has 0 aromatic rings. The Bertz CT molecular complexity index is 192. The molecule has 2 N–H and O–H groups in total. The maximum absolute atomic E-state index is 6.70. The van der Waals surface area contributed by atoms with Gasteiger partial charge >= 0.3 is 0 Å². The molecule has 2 atom stereocenters. The van der Waals surface area contributed by atoms with E-state index in [1.807, 2.05) is 0 Å². The molecule has 1 aliphatic carbocycles. The zero-order valence-electron chi connectivity index (χ0n) is 11.1. The summed E-state index contributed by atoms with van der Waals surface area (Å²) in [6.45, 7) is 9.28. The molecular formula is C14H29N. The van der Waals surface area contributed by atoms with E-state index in [0.717, 1.165) is 5.92 Å². The van der Waals surface area contributed by atoms with E-state index in [4.69, 9.17) is 5.73 Å². The number of rotatable bonds is 5. The second kappa shape index (κ2) is 4.86. The van der Waals surface area contributed by atoms with Crippen LogP contribution in [0.1, 0.15) is 72.6 Å². The molecule has 0 amide bonds. The maximum Gasteiger partial charge on any atom is 0.0208 e. The Morgan fingerprint density at radius 3 is 2.07 bits per heavy atom. The van der Waals surface area contributed by atoms with Crippen molar-refractivity contribution in [3.05, 3.63) is 0 Å². The van der Waals surface area contributed by atoms with E-state index in [1.54, 1.807) is 0 Å². The van der Waals surface area contributed by atoms with Gasteiger partial charge in [0.15, 0.2) is 0 Å². The fourth-order valence-electron chi connectivity index (χ4n) is 3.40. The maximum atomic E-state index is 6.70. The van der Waals surface area contributed by atoms with E-state index in [-0.39, 0.29) is 5.54 Å². The molecule has 0 aliphatic heterocycles. The van der Waals surface area contributed by atoms with Crippen LogP contribution in [0.15, 0.2) is 0 Å². The van der Waals surface area contributed by atoms with Crippen molar-refractivity contribution >= 4 is 0 Å². The molecule has 15 heavy (non-hydrogen) atoms. The molecule has 0 aromatic carbocycles. The van der Waals surface area contributed by atoms with E-state index in [1.165, 1.54) is 44.9 Å². The van der Waals surface area contributed by atoms with E-state index < -0.39 is 0 Å². The lowest BCUT2D eigenvalue weighted by Gasteiger charge is -2.48. The summed E-state index contributed by atoms with van der Waals surface area (Å²) >= 11 is 0. The Hall–Kier alpha value is -0.0400. The highest BCUT2D eigenvalue weighted by molar-refractivity contribution is 5.01. The SMILES string of the molecule is CCCC(C)(CC)C(C)(N)C1CCCC1. The molecule has 1 saturated carbocycles.